The number of aryl methyl sites for hydroxylation is 1. The Morgan fingerprint density at radius 2 is 1.97 bits per heavy atom. The van der Waals surface area contributed by atoms with Crippen molar-refractivity contribution < 1.29 is 9.53 Å². The summed E-state index contributed by atoms with van der Waals surface area (Å²) >= 11 is 7.31. The highest BCUT2D eigenvalue weighted by atomic mass is 35.5. The maximum absolute atomic E-state index is 12.9. The van der Waals surface area contributed by atoms with Crippen molar-refractivity contribution >= 4 is 44.9 Å². The van der Waals surface area contributed by atoms with E-state index >= 15 is 0 Å². The number of thiazole rings is 1. The second kappa shape index (κ2) is 8.73. The van der Waals surface area contributed by atoms with Crippen LogP contribution in [-0.4, -0.2) is 37.7 Å². The topological polar surface area (TPSA) is 115 Å². The van der Waals surface area contributed by atoms with E-state index in [0.29, 0.717) is 33.1 Å². The molecule has 0 atom stereocenters. The van der Waals surface area contributed by atoms with E-state index in [1.165, 1.54) is 22.2 Å². The zero-order valence-electron chi connectivity index (χ0n) is 18.0. The number of H-pyrrole nitrogens is 1. The van der Waals surface area contributed by atoms with Crippen LogP contribution in [0.5, 0.6) is 5.75 Å². The van der Waals surface area contributed by atoms with Crippen LogP contribution in [0.2, 0.25) is 5.02 Å². The molecule has 0 aliphatic carbocycles. The Bertz CT molecular complexity index is 1590. The number of methoxy groups -OCH3 is 1. The average molecular weight is 493 g/mol. The van der Waals surface area contributed by atoms with Gasteiger partial charge in [0, 0.05) is 22.8 Å². The first kappa shape index (κ1) is 21.8. The number of nitrogens with zero attached hydrogens (tertiary/aromatic N) is 4. The van der Waals surface area contributed by atoms with E-state index in [1.807, 2.05) is 18.2 Å². The monoisotopic (exact) mass is 492 g/mol. The molecule has 0 saturated heterocycles. The Morgan fingerprint density at radius 3 is 2.71 bits per heavy atom. The summed E-state index contributed by atoms with van der Waals surface area (Å²) in [6.45, 7) is 1.80. The first-order chi connectivity index (χ1) is 16.4. The first-order valence-corrected chi connectivity index (χ1v) is 11.3. The number of carbonyl (C=O) groups is 1. The third-order valence-electron chi connectivity index (χ3n) is 5.00. The van der Waals surface area contributed by atoms with Crippen LogP contribution in [0.15, 0.2) is 59.5 Å². The van der Waals surface area contributed by atoms with Crippen LogP contribution >= 0.6 is 22.9 Å². The average Bonchev–Trinajstić information content (AvgIpc) is 3.41. The van der Waals surface area contributed by atoms with Gasteiger partial charge in [-0.1, -0.05) is 22.9 Å². The number of fused-ring (bicyclic) bond motifs is 1. The molecule has 0 bridgehead atoms. The fraction of sp³-hybridized carbons (Fsp3) is 0.0870. The van der Waals surface area contributed by atoms with E-state index in [9.17, 15) is 9.59 Å². The number of hydrogen-bond donors (Lipinski definition) is 2. The number of hydrogen-bond acceptors (Lipinski definition) is 7. The van der Waals surface area contributed by atoms with Crippen LogP contribution < -0.4 is 15.6 Å². The van der Waals surface area contributed by atoms with Crippen LogP contribution in [0.1, 0.15) is 16.1 Å². The Morgan fingerprint density at radius 1 is 1.18 bits per heavy atom. The number of ether oxygens (including phenoxy) is 1. The minimum absolute atomic E-state index is 0.128. The Balaban J connectivity index is 1.44. The summed E-state index contributed by atoms with van der Waals surface area (Å²) in [4.78, 5) is 37.0. The molecule has 5 aromatic rings. The van der Waals surface area contributed by atoms with Crippen LogP contribution in [0.4, 0.5) is 5.82 Å². The van der Waals surface area contributed by atoms with Gasteiger partial charge in [0.1, 0.15) is 23.0 Å². The lowest BCUT2D eigenvalue weighted by Gasteiger charge is -2.07. The number of rotatable bonds is 5. The summed E-state index contributed by atoms with van der Waals surface area (Å²) < 4.78 is 7.73. The van der Waals surface area contributed by atoms with Crippen molar-refractivity contribution in [2.75, 3.05) is 12.4 Å². The normalized spacial score (nSPS) is 11.0. The van der Waals surface area contributed by atoms with Gasteiger partial charge >= 0.3 is 0 Å². The lowest BCUT2D eigenvalue weighted by Crippen LogP contribution is -2.25. The number of aromatic amines is 1. The highest BCUT2D eigenvalue weighted by Crippen LogP contribution is 2.30. The van der Waals surface area contributed by atoms with E-state index in [0.717, 1.165) is 16.0 Å². The van der Waals surface area contributed by atoms with Crippen molar-refractivity contribution in [1.82, 2.24) is 24.7 Å². The van der Waals surface area contributed by atoms with E-state index in [1.54, 1.807) is 44.4 Å². The minimum Gasteiger partial charge on any atom is -0.497 e. The molecule has 170 valence electrons. The van der Waals surface area contributed by atoms with E-state index in [-0.39, 0.29) is 5.56 Å². The molecule has 2 aromatic carbocycles. The molecule has 9 nitrogen and oxygen atoms in total. The van der Waals surface area contributed by atoms with Crippen molar-refractivity contribution in [2.45, 2.75) is 6.92 Å². The largest absolute Gasteiger partial charge is 0.497 e. The van der Waals surface area contributed by atoms with Gasteiger partial charge in [0.15, 0.2) is 0 Å². The zero-order chi connectivity index (χ0) is 23.8. The molecule has 2 N–H and O–H groups in total. The molecule has 0 spiro atoms. The first-order valence-electron chi connectivity index (χ1n) is 10.1. The standard InChI is InChI=1S/C23H17ClN6O3S/c1-12-9-19(30(29-12)23-26-17-8-7-15(33-2)10-18(17)34-23)27-21(31)16-11-25-20(28-22(16)32)13-3-5-14(24)6-4-13/h3-11H,1-2H3,(H,27,31)(H,25,28,32). The summed E-state index contributed by atoms with van der Waals surface area (Å²) in [6.07, 6.45) is 1.25. The van der Waals surface area contributed by atoms with Gasteiger partial charge in [-0.05, 0) is 49.4 Å². The zero-order valence-corrected chi connectivity index (χ0v) is 19.6. The fourth-order valence-electron chi connectivity index (χ4n) is 3.34. The van der Waals surface area contributed by atoms with Crippen LogP contribution in [0, 0.1) is 6.92 Å². The Labute approximate surface area is 202 Å². The van der Waals surface area contributed by atoms with Gasteiger partial charge < -0.3 is 15.0 Å². The van der Waals surface area contributed by atoms with Crippen molar-refractivity contribution in [1.29, 1.82) is 0 Å². The predicted octanol–water partition coefficient (Wildman–Crippen LogP) is 4.46. The van der Waals surface area contributed by atoms with Gasteiger partial charge in [0.05, 0.1) is 23.0 Å². The summed E-state index contributed by atoms with van der Waals surface area (Å²) in [7, 11) is 1.60. The van der Waals surface area contributed by atoms with E-state index in [2.05, 4.69) is 25.4 Å². The number of amides is 1. The molecule has 5 rings (SSSR count). The molecular formula is C23H17ClN6O3S. The number of nitrogens with one attached hydrogen (secondary N) is 2. The van der Waals surface area contributed by atoms with Gasteiger partial charge in [-0.25, -0.2) is 9.97 Å². The molecule has 0 fully saturated rings. The molecular weight excluding hydrogens is 476 g/mol. The molecule has 0 unspecified atom stereocenters. The molecule has 34 heavy (non-hydrogen) atoms. The molecule has 0 aliphatic heterocycles. The highest BCUT2D eigenvalue weighted by Gasteiger charge is 2.18. The van der Waals surface area contributed by atoms with Gasteiger partial charge in [-0.15, -0.1) is 0 Å². The van der Waals surface area contributed by atoms with Crippen LogP contribution in [0.3, 0.4) is 0 Å². The van der Waals surface area contributed by atoms with Crippen molar-refractivity contribution in [3.05, 3.63) is 81.4 Å². The van der Waals surface area contributed by atoms with Crippen molar-refractivity contribution in [3.63, 3.8) is 0 Å². The second-order valence-corrected chi connectivity index (χ2v) is 8.79. The number of halogens is 1. The molecule has 11 heteroatoms. The summed E-state index contributed by atoms with van der Waals surface area (Å²) in [5, 5.41) is 8.34. The molecule has 1 amide bonds. The lowest BCUT2D eigenvalue weighted by molar-refractivity contribution is 0.102. The van der Waals surface area contributed by atoms with Gasteiger partial charge in [0.2, 0.25) is 5.13 Å². The summed E-state index contributed by atoms with van der Waals surface area (Å²) in [6, 6.07) is 14.1. The number of carbonyl (C=O) groups excluding carboxylic acids is 1. The predicted molar refractivity (Wildman–Crippen MR) is 131 cm³/mol. The maximum Gasteiger partial charge on any atom is 0.264 e. The van der Waals surface area contributed by atoms with Gasteiger partial charge in [-0.3, -0.25) is 9.59 Å². The highest BCUT2D eigenvalue weighted by molar-refractivity contribution is 7.20. The third kappa shape index (κ3) is 4.16. The number of benzene rings is 2. The van der Waals surface area contributed by atoms with Crippen LogP contribution in [-0.2, 0) is 0 Å². The Kier molecular flexibility index (Phi) is 5.60. The molecule has 0 aliphatic rings. The van der Waals surface area contributed by atoms with Crippen LogP contribution in [0.25, 0.3) is 26.7 Å². The summed E-state index contributed by atoms with van der Waals surface area (Å²) in [5.41, 5.74) is 1.45. The van der Waals surface area contributed by atoms with Gasteiger partial charge in [-0.2, -0.15) is 9.78 Å². The summed E-state index contributed by atoms with van der Waals surface area (Å²) in [5.74, 6) is 0.834. The van der Waals surface area contributed by atoms with Crippen molar-refractivity contribution in [2.24, 2.45) is 0 Å². The number of aromatic nitrogens is 5. The second-order valence-electron chi connectivity index (χ2n) is 7.35. The minimum atomic E-state index is -0.611. The van der Waals surface area contributed by atoms with Crippen molar-refractivity contribution in [3.8, 4) is 22.3 Å². The molecule has 3 heterocycles. The number of anilines is 1. The quantitative estimate of drug-likeness (QED) is 0.374. The molecule has 3 aromatic heterocycles. The van der Waals surface area contributed by atoms with E-state index < -0.39 is 11.5 Å². The van der Waals surface area contributed by atoms with Gasteiger partial charge in [0.25, 0.3) is 11.5 Å². The SMILES string of the molecule is COc1ccc2nc(-n3nc(C)cc3NC(=O)c3cnc(-c4ccc(Cl)cc4)[nH]c3=O)sc2c1. The maximum atomic E-state index is 12.9. The fourth-order valence-corrected chi connectivity index (χ4v) is 4.43. The lowest BCUT2D eigenvalue weighted by atomic mass is 10.2. The smallest absolute Gasteiger partial charge is 0.264 e. The molecule has 0 saturated carbocycles. The van der Waals surface area contributed by atoms with E-state index in [4.69, 9.17) is 16.3 Å². The third-order valence-corrected chi connectivity index (χ3v) is 6.25. The Hall–Kier alpha value is -4.02. The molecule has 0 radical (unpaired) electrons.